The summed E-state index contributed by atoms with van der Waals surface area (Å²) in [7, 11) is 1.99. The molecule has 1 saturated carbocycles. The number of nitrogens with zero attached hydrogens (tertiary/aromatic N) is 2. The van der Waals surface area contributed by atoms with Gasteiger partial charge in [-0.3, -0.25) is 0 Å². The average Bonchev–Trinajstić information content (AvgIpc) is 2.46. The largest absolute Gasteiger partial charge is 0.384 e. The van der Waals surface area contributed by atoms with Gasteiger partial charge >= 0.3 is 0 Å². The summed E-state index contributed by atoms with van der Waals surface area (Å²) in [6, 6.07) is 0. The summed E-state index contributed by atoms with van der Waals surface area (Å²) in [5, 5.41) is 0. The number of nitrogens with two attached hydrogens (primary N) is 1. The molecule has 1 heterocycles. The van der Waals surface area contributed by atoms with Crippen molar-refractivity contribution < 1.29 is 0 Å². The molecule has 0 saturated heterocycles. The molecule has 1 aliphatic rings. The molecule has 0 bridgehead atoms. The molecule has 3 nitrogen and oxygen atoms in total. The van der Waals surface area contributed by atoms with Crippen LogP contribution in [0.15, 0.2) is 0 Å². The Bertz CT molecular complexity index is 354. The second-order valence-corrected chi connectivity index (χ2v) is 4.96. The second kappa shape index (κ2) is 3.87. The summed E-state index contributed by atoms with van der Waals surface area (Å²) < 4.78 is 1.99. The molecule has 2 rings (SSSR count). The van der Waals surface area contributed by atoms with E-state index in [9.17, 15) is 0 Å². The first-order valence-electron chi connectivity index (χ1n) is 5.88. The van der Waals surface area contributed by atoms with Crippen LogP contribution in [0.25, 0.3) is 0 Å². The first kappa shape index (κ1) is 10.5. The molecule has 0 amide bonds. The van der Waals surface area contributed by atoms with Crippen LogP contribution >= 0.6 is 0 Å². The van der Waals surface area contributed by atoms with Gasteiger partial charge in [0.15, 0.2) is 0 Å². The van der Waals surface area contributed by atoms with E-state index in [0.717, 1.165) is 23.3 Å². The quantitative estimate of drug-likeness (QED) is 0.769. The number of rotatable bonds is 1. The SMILES string of the molecule is Cc1nc(C2CCCC(C)C2)c(N)n1C. The molecule has 84 valence electrons. The molecule has 1 aromatic heterocycles. The van der Waals surface area contributed by atoms with E-state index >= 15 is 0 Å². The molecule has 1 aliphatic carbocycles. The van der Waals surface area contributed by atoms with E-state index in [4.69, 9.17) is 5.73 Å². The Morgan fingerprint density at radius 3 is 2.67 bits per heavy atom. The molecule has 0 spiro atoms. The Kier molecular flexibility index (Phi) is 2.72. The minimum absolute atomic E-state index is 0.591. The molecule has 2 unspecified atom stereocenters. The minimum Gasteiger partial charge on any atom is -0.384 e. The molecule has 2 N–H and O–H groups in total. The van der Waals surface area contributed by atoms with Crippen molar-refractivity contribution in [1.29, 1.82) is 0 Å². The third-order valence-electron chi connectivity index (χ3n) is 3.71. The van der Waals surface area contributed by atoms with Crippen molar-refractivity contribution in [3.8, 4) is 0 Å². The number of nitrogen functional groups attached to an aromatic ring is 1. The maximum absolute atomic E-state index is 6.08. The molecule has 1 fully saturated rings. The predicted molar refractivity (Wildman–Crippen MR) is 62.7 cm³/mol. The van der Waals surface area contributed by atoms with Gasteiger partial charge in [0.2, 0.25) is 0 Å². The third kappa shape index (κ3) is 1.87. The van der Waals surface area contributed by atoms with Gasteiger partial charge < -0.3 is 10.3 Å². The molecule has 15 heavy (non-hydrogen) atoms. The molecule has 0 aliphatic heterocycles. The minimum atomic E-state index is 0.591. The van der Waals surface area contributed by atoms with Crippen molar-refractivity contribution >= 4 is 5.82 Å². The van der Waals surface area contributed by atoms with Crippen LogP contribution in [0, 0.1) is 12.8 Å². The molecule has 3 heteroatoms. The predicted octanol–water partition coefficient (Wildman–Crippen LogP) is 2.60. The Balaban J connectivity index is 2.25. The van der Waals surface area contributed by atoms with E-state index in [1.54, 1.807) is 0 Å². The van der Waals surface area contributed by atoms with Crippen LogP contribution in [0.4, 0.5) is 5.82 Å². The van der Waals surface area contributed by atoms with Crippen molar-refractivity contribution in [1.82, 2.24) is 9.55 Å². The lowest BCUT2D eigenvalue weighted by Crippen LogP contribution is -2.13. The van der Waals surface area contributed by atoms with Crippen LogP contribution in [-0.4, -0.2) is 9.55 Å². The van der Waals surface area contributed by atoms with Crippen LogP contribution < -0.4 is 5.73 Å². The standard InChI is InChI=1S/C12H21N3/c1-8-5-4-6-10(7-8)11-12(13)15(3)9(2)14-11/h8,10H,4-7,13H2,1-3H3. The second-order valence-electron chi connectivity index (χ2n) is 4.96. The molecule has 0 radical (unpaired) electrons. The zero-order valence-corrected chi connectivity index (χ0v) is 9.95. The zero-order chi connectivity index (χ0) is 11.0. The first-order valence-corrected chi connectivity index (χ1v) is 5.88. The van der Waals surface area contributed by atoms with E-state index in [2.05, 4.69) is 11.9 Å². The topological polar surface area (TPSA) is 43.8 Å². The third-order valence-corrected chi connectivity index (χ3v) is 3.71. The Labute approximate surface area is 91.7 Å². The highest BCUT2D eigenvalue weighted by Gasteiger charge is 2.25. The summed E-state index contributed by atoms with van der Waals surface area (Å²) >= 11 is 0. The highest BCUT2D eigenvalue weighted by molar-refractivity contribution is 5.40. The number of aromatic nitrogens is 2. The number of imidazole rings is 1. The molecule has 0 aromatic carbocycles. The van der Waals surface area contributed by atoms with Crippen LogP contribution in [0.2, 0.25) is 0 Å². The summed E-state index contributed by atoms with van der Waals surface area (Å²) in [6.07, 6.45) is 5.19. The summed E-state index contributed by atoms with van der Waals surface area (Å²) in [4.78, 5) is 4.61. The van der Waals surface area contributed by atoms with Crippen molar-refractivity contribution in [3.63, 3.8) is 0 Å². The Hall–Kier alpha value is -0.990. The van der Waals surface area contributed by atoms with Gasteiger partial charge in [-0.25, -0.2) is 4.98 Å². The highest BCUT2D eigenvalue weighted by Crippen LogP contribution is 2.37. The van der Waals surface area contributed by atoms with Crippen molar-refractivity contribution in [2.75, 3.05) is 5.73 Å². The van der Waals surface area contributed by atoms with E-state index < -0.39 is 0 Å². The first-order chi connectivity index (χ1) is 7.09. The van der Waals surface area contributed by atoms with Gasteiger partial charge in [-0.05, 0) is 25.7 Å². The van der Waals surface area contributed by atoms with Gasteiger partial charge in [-0.15, -0.1) is 0 Å². The summed E-state index contributed by atoms with van der Waals surface area (Å²) in [5.41, 5.74) is 7.22. The van der Waals surface area contributed by atoms with Crippen LogP contribution in [0.3, 0.4) is 0 Å². The smallest absolute Gasteiger partial charge is 0.126 e. The normalized spacial score (nSPS) is 26.9. The molecular formula is C12H21N3. The van der Waals surface area contributed by atoms with Gasteiger partial charge in [-0.1, -0.05) is 19.8 Å². The lowest BCUT2D eigenvalue weighted by molar-refractivity contribution is 0.341. The van der Waals surface area contributed by atoms with Crippen LogP contribution in [-0.2, 0) is 7.05 Å². The maximum Gasteiger partial charge on any atom is 0.126 e. The average molecular weight is 207 g/mol. The number of aryl methyl sites for hydroxylation is 1. The highest BCUT2D eigenvalue weighted by atomic mass is 15.1. The van der Waals surface area contributed by atoms with E-state index in [-0.39, 0.29) is 0 Å². The van der Waals surface area contributed by atoms with Gasteiger partial charge in [0.05, 0.1) is 5.69 Å². The Morgan fingerprint density at radius 1 is 1.40 bits per heavy atom. The van der Waals surface area contributed by atoms with Crippen molar-refractivity contribution in [3.05, 3.63) is 11.5 Å². The Morgan fingerprint density at radius 2 is 2.13 bits per heavy atom. The fraction of sp³-hybridized carbons (Fsp3) is 0.750. The fourth-order valence-corrected chi connectivity index (χ4v) is 2.64. The summed E-state index contributed by atoms with van der Waals surface area (Å²) in [5.74, 6) is 3.31. The van der Waals surface area contributed by atoms with Crippen LogP contribution in [0.1, 0.15) is 50.0 Å². The van der Waals surface area contributed by atoms with Gasteiger partial charge in [0.25, 0.3) is 0 Å². The molecule has 2 atom stereocenters. The van der Waals surface area contributed by atoms with E-state index in [1.807, 2.05) is 18.5 Å². The number of anilines is 1. The molecular weight excluding hydrogens is 186 g/mol. The summed E-state index contributed by atoms with van der Waals surface area (Å²) in [6.45, 7) is 4.35. The van der Waals surface area contributed by atoms with E-state index in [1.165, 1.54) is 25.7 Å². The van der Waals surface area contributed by atoms with Crippen molar-refractivity contribution in [2.45, 2.75) is 45.4 Å². The molecule has 1 aromatic rings. The monoisotopic (exact) mass is 207 g/mol. The van der Waals surface area contributed by atoms with Gasteiger partial charge in [-0.2, -0.15) is 0 Å². The van der Waals surface area contributed by atoms with E-state index in [0.29, 0.717) is 5.92 Å². The number of hydrogen-bond donors (Lipinski definition) is 1. The van der Waals surface area contributed by atoms with Crippen LogP contribution in [0.5, 0.6) is 0 Å². The fourth-order valence-electron chi connectivity index (χ4n) is 2.64. The lowest BCUT2D eigenvalue weighted by atomic mass is 9.81. The lowest BCUT2D eigenvalue weighted by Gasteiger charge is -2.25. The van der Waals surface area contributed by atoms with Gasteiger partial charge in [0, 0.05) is 13.0 Å². The maximum atomic E-state index is 6.08. The zero-order valence-electron chi connectivity index (χ0n) is 9.95. The van der Waals surface area contributed by atoms with Crippen molar-refractivity contribution in [2.24, 2.45) is 13.0 Å². The van der Waals surface area contributed by atoms with Gasteiger partial charge in [0.1, 0.15) is 11.6 Å². The number of hydrogen-bond acceptors (Lipinski definition) is 2.